The molecule has 1 aromatic rings. The van der Waals surface area contributed by atoms with Gasteiger partial charge in [0.1, 0.15) is 18.0 Å². The normalized spacial score (nSPS) is 17.0. The number of benzene rings is 1. The zero-order valence-corrected chi connectivity index (χ0v) is 19.8. The third-order valence-electron chi connectivity index (χ3n) is 5.76. The average Bonchev–Trinajstić information content (AvgIpc) is 2.83. The van der Waals surface area contributed by atoms with Gasteiger partial charge in [0.15, 0.2) is 0 Å². The SMILES string of the molecule is COCC(C)(C)CN1CCOc2cc3c(c(C)c21)CCN(C(=O)OC(C)(C)C)CC3. The maximum absolute atomic E-state index is 12.6. The van der Waals surface area contributed by atoms with E-state index < -0.39 is 5.60 Å². The molecule has 6 heteroatoms. The number of rotatable bonds is 4. The first kappa shape index (κ1) is 22.7. The molecule has 0 saturated heterocycles. The molecule has 0 radical (unpaired) electrons. The van der Waals surface area contributed by atoms with Crippen LogP contribution in [0.15, 0.2) is 6.07 Å². The number of methoxy groups -OCH3 is 1. The minimum Gasteiger partial charge on any atom is -0.490 e. The second-order valence-electron chi connectivity index (χ2n) is 10.3. The summed E-state index contributed by atoms with van der Waals surface area (Å²) in [5.74, 6) is 0.969. The van der Waals surface area contributed by atoms with Crippen molar-refractivity contribution in [1.82, 2.24) is 4.90 Å². The Labute approximate surface area is 181 Å². The van der Waals surface area contributed by atoms with E-state index in [0.717, 1.165) is 31.7 Å². The molecule has 0 fully saturated rings. The Kier molecular flexibility index (Phi) is 6.56. The molecular weight excluding hydrogens is 380 g/mol. The minimum absolute atomic E-state index is 0.0517. The number of anilines is 1. The molecule has 0 bridgehead atoms. The van der Waals surface area contributed by atoms with Crippen LogP contribution >= 0.6 is 0 Å². The van der Waals surface area contributed by atoms with E-state index in [0.29, 0.717) is 26.3 Å². The smallest absolute Gasteiger partial charge is 0.410 e. The summed E-state index contributed by atoms with van der Waals surface area (Å²) in [5.41, 5.74) is 4.69. The predicted octanol–water partition coefficient (Wildman–Crippen LogP) is 4.20. The van der Waals surface area contributed by atoms with Gasteiger partial charge >= 0.3 is 6.09 Å². The zero-order valence-electron chi connectivity index (χ0n) is 19.8. The number of carbonyl (C=O) groups is 1. The van der Waals surface area contributed by atoms with Crippen LogP contribution in [0.4, 0.5) is 10.5 Å². The number of amides is 1. The Morgan fingerprint density at radius 3 is 2.50 bits per heavy atom. The van der Waals surface area contributed by atoms with E-state index in [2.05, 4.69) is 31.7 Å². The van der Waals surface area contributed by atoms with Gasteiger partial charge < -0.3 is 24.0 Å². The van der Waals surface area contributed by atoms with Crippen LogP contribution < -0.4 is 9.64 Å². The highest BCUT2D eigenvalue weighted by Crippen LogP contribution is 2.41. The molecule has 0 aromatic heterocycles. The Balaban J connectivity index is 1.84. The van der Waals surface area contributed by atoms with Gasteiger partial charge in [-0.3, -0.25) is 0 Å². The highest BCUT2D eigenvalue weighted by molar-refractivity contribution is 5.71. The fraction of sp³-hybridized carbons (Fsp3) is 0.708. The lowest BCUT2D eigenvalue weighted by atomic mass is 9.91. The molecule has 6 nitrogen and oxygen atoms in total. The van der Waals surface area contributed by atoms with E-state index in [9.17, 15) is 4.79 Å². The summed E-state index contributed by atoms with van der Waals surface area (Å²) in [6.45, 7) is 17.0. The summed E-state index contributed by atoms with van der Waals surface area (Å²) in [4.78, 5) is 16.9. The van der Waals surface area contributed by atoms with Gasteiger partial charge in [-0.25, -0.2) is 4.79 Å². The molecular formula is C24H38N2O4. The summed E-state index contributed by atoms with van der Waals surface area (Å²) in [6.07, 6.45) is 1.43. The van der Waals surface area contributed by atoms with Gasteiger partial charge in [0, 0.05) is 32.2 Å². The molecule has 1 aromatic carbocycles. The lowest BCUT2D eigenvalue weighted by Gasteiger charge is -2.39. The van der Waals surface area contributed by atoms with Crippen LogP contribution in [0.5, 0.6) is 5.75 Å². The highest BCUT2D eigenvalue weighted by Gasteiger charge is 2.31. The first-order chi connectivity index (χ1) is 14.0. The van der Waals surface area contributed by atoms with E-state index in [-0.39, 0.29) is 11.5 Å². The molecule has 3 rings (SSSR count). The average molecular weight is 419 g/mol. The molecule has 30 heavy (non-hydrogen) atoms. The fourth-order valence-electron chi connectivity index (χ4n) is 4.57. The first-order valence-corrected chi connectivity index (χ1v) is 11.0. The Bertz CT molecular complexity index is 782. The Hall–Kier alpha value is -1.95. The largest absolute Gasteiger partial charge is 0.490 e. The van der Waals surface area contributed by atoms with E-state index >= 15 is 0 Å². The maximum atomic E-state index is 12.6. The van der Waals surface area contributed by atoms with Crippen molar-refractivity contribution < 1.29 is 19.0 Å². The van der Waals surface area contributed by atoms with Crippen molar-refractivity contribution in [2.24, 2.45) is 5.41 Å². The third-order valence-corrected chi connectivity index (χ3v) is 5.76. The van der Waals surface area contributed by atoms with Crippen LogP contribution in [0, 0.1) is 12.3 Å². The lowest BCUT2D eigenvalue weighted by Crippen LogP contribution is -2.42. The van der Waals surface area contributed by atoms with Crippen molar-refractivity contribution in [1.29, 1.82) is 0 Å². The number of hydrogen-bond donors (Lipinski definition) is 0. The van der Waals surface area contributed by atoms with Crippen molar-refractivity contribution in [2.45, 2.75) is 60.0 Å². The van der Waals surface area contributed by atoms with Gasteiger partial charge in [-0.1, -0.05) is 13.8 Å². The Morgan fingerprint density at radius 1 is 1.13 bits per heavy atom. The predicted molar refractivity (Wildman–Crippen MR) is 120 cm³/mol. The molecule has 0 aliphatic carbocycles. The standard InChI is InChI=1S/C24H38N2O4/c1-17-19-9-11-25(22(27)30-23(2,3)4)10-8-18(19)14-20-21(17)26(12-13-29-20)15-24(5,6)16-28-7/h14H,8-13,15-16H2,1-7H3. The minimum atomic E-state index is -0.478. The molecule has 2 aliphatic heterocycles. The van der Waals surface area contributed by atoms with Gasteiger partial charge in [-0.05, 0) is 63.3 Å². The van der Waals surface area contributed by atoms with Crippen LogP contribution in [0.25, 0.3) is 0 Å². The quantitative estimate of drug-likeness (QED) is 0.733. The number of nitrogens with zero attached hydrogens (tertiary/aromatic N) is 2. The van der Waals surface area contributed by atoms with Crippen molar-refractivity contribution in [3.05, 3.63) is 22.8 Å². The van der Waals surface area contributed by atoms with Crippen LogP contribution in [0.3, 0.4) is 0 Å². The van der Waals surface area contributed by atoms with E-state index in [1.165, 1.54) is 22.4 Å². The number of fused-ring (bicyclic) bond motifs is 2. The second-order valence-corrected chi connectivity index (χ2v) is 10.3. The van der Waals surface area contributed by atoms with Crippen molar-refractivity contribution >= 4 is 11.8 Å². The van der Waals surface area contributed by atoms with Gasteiger partial charge in [0.25, 0.3) is 0 Å². The second kappa shape index (κ2) is 8.66. The molecule has 0 spiro atoms. The van der Waals surface area contributed by atoms with Crippen LogP contribution in [-0.4, -0.2) is 63.1 Å². The molecule has 0 unspecified atom stereocenters. The molecule has 0 saturated carbocycles. The first-order valence-electron chi connectivity index (χ1n) is 11.0. The van der Waals surface area contributed by atoms with E-state index in [1.807, 2.05) is 25.7 Å². The van der Waals surface area contributed by atoms with Crippen molar-refractivity contribution in [2.75, 3.05) is 51.4 Å². The summed E-state index contributed by atoms with van der Waals surface area (Å²) >= 11 is 0. The van der Waals surface area contributed by atoms with Crippen LogP contribution in [-0.2, 0) is 22.3 Å². The van der Waals surface area contributed by atoms with Crippen molar-refractivity contribution in [3.63, 3.8) is 0 Å². The lowest BCUT2D eigenvalue weighted by molar-refractivity contribution is 0.0258. The highest BCUT2D eigenvalue weighted by atomic mass is 16.6. The van der Waals surface area contributed by atoms with Gasteiger partial charge in [0.2, 0.25) is 0 Å². The zero-order chi connectivity index (χ0) is 22.1. The van der Waals surface area contributed by atoms with Gasteiger partial charge in [0.05, 0.1) is 18.8 Å². The fourth-order valence-corrected chi connectivity index (χ4v) is 4.57. The summed E-state index contributed by atoms with van der Waals surface area (Å²) in [7, 11) is 1.76. The van der Waals surface area contributed by atoms with E-state index in [1.54, 1.807) is 7.11 Å². The Morgan fingerprint density at radius 2 is 1.83 bits per heavy atom. The molecule has 2 heterocycles. The van der Waals surface area contributed by atoms with E-state index in [4.69, 9.17) is 14.2 Å². The summed E-state index contributed by atoms with van der Waals surface area (Å²) in [5, 5.41) is 0. The number of hydrogen-bond acceptors (Lipinski definition) is 5. The number of carbonyl (C=O) groups excluding carboxylic acids is 1. The van der Waals surface area contributed by atoms with Crippen LogP contribution in [0.1, 0.15) is 51.3 Å². The van der Waals surface area contributed by atoms with Crippen molar-refractivity contribution in [3.8, 4) is 5.75 Å². The topological polar surface area (TPSA) is 51.2 Å². The molecule has 0 atom stereocenters. The van der Waals surface area contributed by atoms with Crippen LogP contribution in [0.2, 0.25) is 0 Å². The molecule has 2 aliphatic rings. The summed E-state index contributed by atoms with van der Waals surface area (Å²) < 4.78 is 17.1. The monoisotopic (exact) mass is 418 g/mol. The summed E-state index contributed by atoms with van der Waals surface area (Å²) in [6, 6.07) is 2.20. The van der Waals surface area contributed by atoms with Gasteiger partial charge in [-0.2, -0.15) is 0 Å². The maximum Gasteiger partial charge on any atom is 0.410 e. The molecule has 0 N–H and O–H groups in total. The number of ether oxygens (including phenoxy) is 3. The third kappa shape index (κ3) is 5.20. The molecule has 1 amide bonds. The molecule has 168 valence electrons. The van der Waals surface area contributed by atoms with Gasteiger partial charge in [-0.15, -0.1) is 0 Å².